The van der Waals surface area contributed by atoms with Gasteiger partial charge in [0.05, 0.1) is 19.6 Å². The van der Waals surface area contributed by atoms with Gasteiger partial charge in [0.2, 0.25) is 0 Å². The Labute approximate surface area is 144 Å². The van der Waals surface area contributed by atoms with E-state index in [4.69, 9.17) is 15.2 Å². The normalized spacial score (nSPS) is 13.1. The summed E-state index contributed by atoms with van der Waals surface area (Å²) < 4.78 is 10.4. The van der Waals surface area contributed by atoms with Crippen LogP contribution in [0.3, 0.4) is 0 Å². The largest absolute Gasteiger partial charge is 0.466 e. The van der Waals surface area contributed by atoms with Crippen LogP contribution >= 0.6 is 0 Å². The first-order valence-electron chi connectivity index (χ1n) is 8.67. The third-order valence-corrected chi connectivity index (χ3v) is 3.72. The van der Waals surface area contributed by atoms with Gasteiger partial charge in [-0.25, -0.2) is 0 Å². The fraction of sp³-hybridized carbons (Fsp3) is 0.579. The minimum absolute atomic E-state index is 0.184. The highest BCUT2D eigenvalue weighted by atomic mass is 16.5. The zero-order valence-corrected chi connectivity index (χ0v) is 14.8. The van der Waals surface area contributed by atoms with Crippen molar-refractivity contribution in [1.82, 2.24) is 0 Å². The summed E-state index contributed by atoms with van der Waals surface area (Å²) in [6, 6.07) is 9.39. The molecule has 0 unspecified atom stereocenters. The molecule has 0 bridgehead atoms. The minimum atomic E-state index is -1.40. The molecule has 0 aliphatic carbocycles. The summed E-state index contributed by atoms with van der Waals surface area (Å²) in [6.45, 7) is 4.69. The number of benzene rings is 1. The van der Waals surface area contributed by atoms with Crippen LogP contribution in [0.4, 0.5) is 0 Å². The van der Waals surface area contributed by atoms with Gasteiger partial charge >= 0.3 is 11.9 Å². The van der Waals surface area contributed by atoms with Crippen molar-refractivity contribution in [2.45, 2.75) is 57.9 Å². The average Bonchev–Trinajstić information content (AvgIpc) is 2.56. The molecular weight excluding hydrogens is 306 g/mol. The van der Waals surface area contributed by atoms with Crippen molar-refractivity contribution in [3.8, 4) is 0 Å². The Hall–Kier alpha value is -1.88. The highest BCUT2D eigenvalue weighted by molar-refractivity contribution is 5.87. The molecule has 2 N–H and O–H groups in total. The summed E-state index contributed by atoms with van der Waals surface area (Å²) in [5, 5.41) is 0. The molecule has 0 spiro atoms. The van der Waals surface area contributed by atoms with Crippen LogP contribution in [0, 0.1) is 0 Å². The van der Waals surface area contributed by atoms with Crippen LogP contribution in [0.5, 0.6) is 0 Å². The molecule has 0 radical (unpaired) electrons. The molecule has 5 heteroatoms. The Morgan fingerprint density at radius 2 is 1.58 bits per heavy atom. The Bertz CT molecular complexity index is 503. The van der Waals surface area contributed by atoms with Crippen molar-refractivity contribution in [2.24, 2.45) is 5.73 Å². The number of hydrogen-bond acceptors (Lipinski definition) is 5. The van der Waals surface area contributed by atoms with Crippen LogP contribution in [0.1, 0.15) is 51.5 Å². The van der Waals surface area contributed by atoms with Gasteiger partial charge in [-0.2, -0.15) is 0 Å². The summed E-state index contributed by atoms with van der Waals surface area (Å²) in [5.74, 6) is -1.01. The van der Waals surface area contributed by atoms with Gasteiger partial charge in [-0.05, 0) is 18.4 Å². The van der Waals surface area contributed by atoms with E-state index < -0.39 is 17.5 Å². The molecule has 0 saturated heterocycles. The molecule has 0 aromatic heterocycles. The zero-order chi connectivity index (χ0) is 17.8. The van der Waals surface area contributed by atoms with Crippen molar-refractivity contribution >= 4 is 11.9 Å². The number of carbonyl (C=O) groups is 2. The van der Waals surface area contributed by atoms with E-state index in [1.165, 1.54) is 0 Å². The quantitative estimate of drug-likeness (QED) is 0.497. The first kappa shape index (κ1) is 20.2. The predicted octanol–water partition coefficient (Wildman–Crippen LogP) is 3.00. The van der Waals surface area contributed by atoms with E-state index >= 15 is 0 Å². The van der Waals surface area contributed by atoms with Crippen LogP contribution in [0.25, 0.3) is 0 Å². The smallest absolute Gasteiger partial charge is 0.327 e. The van der Waals surface area contributed by atoms with Gasteiger partial charge in [0.15, 0.2) is 0 Å². The molecule has 1 atom stereocenters. The Morgan fingerprint density at radius 1 is 1.00 bits per heavy atom. The first-order valence-corrected chi connectivity index (χ1v) is 8.67. The van der Waals surface area contributed by atoms with E-state index in [0.29, 0.717) is 13.2 Å². The van der Waals surface area contributed by atoms with Gasteiger partial charge < -0.3 is 15.2 Å². The van der Waals surface area contributed by atoms with Crippen LogP contribution in [-0.2, 0) is 25.5 Å². The molecule has 1 aromatic rings. The van der Waals surface area contributed by atoms with Crippen LogP contribution in [0.15, 0.2) is 30.3 Å². The second-order valence-electron chi connectivity index (χ2n) is 6.06. The van der Waals surface area contributed by atoms with Gasteiger partial charge in [-0.3, -0.25) is 9.59 Å². The number of ether oxygens (including phenoxy) is 2. The van der Waals surface area contributed by atoms with Crippen LogP contribution in [0.2, 0.25) is 0 Å². The lowest BCUT2D eigenvalue weighted by molar-refractivity contribution is -0.157. The summed E-state index contributed by atoms with van der Waals surface area (Å²) in [4.78, 5) is 24.5. The molecule has 1 rings (SSSR count). The maximum atomic E-state index is 12.5. The average molecular weight is 335 g/mol. The van der Waals surface area contributed by atoms with E-state index in [0.717, 1.165) is 31.2 Å². The number of nitrogens with two attached hydrogens (primary N) is 1. The number of rotatable bonds is 11. The molecule has 0 aliphatic rings. The lowest BCUT2D eigenvalue weighted by atomic mass is 9.88. The van der Waals surface area contributed by atoms with Gasteiger partial charge in [0, 0.05) is 6.42 Å². The first-order chi connectivity index (χ1) is 11.5. The molecule has 0 heterocycles. The second kappa shape index (κ2) is 10.8. The van der Waals surface area contributed by atoms with E-state index in [-0.39, 0.29) is 12.8 Å². The van der Waals surface area contributed by atoms with Gasteiger partial charge in [-0.1, -0.05) is 57.0 Å². The SMILES string of the molecule is CCCCOC(=O)C[C@](N)(Cc1ccccc1)C(=O)OCCCC. The van der Waals surface area contributed by atoms with Gasteiger partial charge in [0.1, 0.15) is 5.54 Å². The summed E-state index contributed by atoms with van der Waals surface area (Å²) in [6.07, 6.45) is 3.47. The van der Waals surface area contributed by atoms with E-state index in [2.05, 4.69) is 0 Å². The Morgan fingerprint density at radius 3 is 2.17 bits per heavy atom. The van der Waals surface area contributed by atoms with Crippen molar-refractivity contribution < 1.29 is 19.1 Å². The fourth-order valence-corrected chi connectivity index (χ4v) is 2.26. The lowest BCUT2D eigenvalue weighted by Gasteiger charge is -2.26. The van der Waals surface area contributed by atoms with Crippen molar-refractivity contribution in [2.75, 3.05) is 13.2 Å². The fourth-order valence-electron chi connectivity index (χ4n) is 2.26. The van der Waals surface area contributed by atoms with Gasteiger partial charge in [-0.15, -0.1) is 0 Å². The molecule has 0 fully saturated rings. The third-order valence-electron chi connectivity index (χ3n) is 3.72. The molecule has 1 aromatic carbocycles. The van der Waals surface area contributed by atoms with Crippen molar-refractivity contribution in [3.63, 3.8) is 0 Å². The maximum absolute atomic E-state index is 12.5. The number of esters is 2. The highest BCUT2D eigenvalue weighted by Gasteiger charge is 2.39. The van der Waals surface area contributed by atoms with E-state index in [9.17, 15) is 9.59 Å². The lowest BCUT2D eigenvalue weighted by Crippen LogP contribution is -2.52. The van der Waals surface area contributed by atoms with Crippen molar-refractivity contribution in [1.29, 1.82) is 0 Å². The molecule has 5 nitrogen and oxygen atoms in total. The third kappa shape index (κ3) is 7.13. The molecule has 134 valence electrons. The van der Waals surface area contributed by atoms with Crippen LogP contribution < -0.4 is 5.73 Å². The molecule has 0 amide bonds. The van der Waals surface area contributed by atoms with Gasteiger partial charge in [0.25, 0.3) is 0 Å². The Kier molecular flexibility index (Phi) is 9.08. The summed E-state index contributed by atoms with van der Waals surface area (Å²) >= 11 is 0. The maximum Gasteiger partial charge on any atom is 0.327 e. The number of carbonyl (C=O) groups excluding carboxylic acids is 2. The predicted molar refractivity (Wildman–Crippen MR) is 93.4 cm³/mol. The topological polar surface area (TPSA) is 78.6 Å². The summed E-state index contributed by atoms with van der Waals surface area (Å²) in [7, 11) is 0. The Balaban J connectivity index is 2.77. The number of unbranched alkanes of at least 4 members (excludes halogenated alkanes) is 2. The molecule has 24 heavy (non-hydrogen) atoms. The highest BCUT2D eigenvalue weighted by Crippen LogP contribution is 2.18. The second-order valence-corrected chi connectivity index (χ2v) is 6.06. The molecule has 0 aliphatic heterocycles. The van der Waals surface area contributed by atoms with E-state index in [1.54, 1.807) is 0 Å². The monoisotopic (exact) mass is 335 g/mol. The molecular formula is C19H29NO4. The summed E-state index contributed by atoms with van der Waals surface area (Å²) in [5.41, 5.74) is 5.76. The van der Waals surface area contributed by atoms with Crippen LogP contribution in [-0.4, -0.2) is 30.7 Å². The number of hydrogen-bond donors (Lipinski definition) is 1. The minimum Gasteiger partial charge on any atom is -0.466 e. The van der Waals surface area contributed by atoms with Crippen molar-refractivity contribution in [3.05, 3.63) is 35.9 Å². The van der Waals surface area contributed by atoms with E-state index in [1.807, 2.05) is 44.2 Å². The zero-order valence-electron chi connectivity index (χ0n) is 14.8. The molecule has 0 saturated carbocycles. The standard InChI is InChI=1S/C19H29NO4/c1-3-5-12-23-17(21)15-19(20,18(22)24-13-6-4-2)14-16-10-8-7-9-11-16/h7-11H,3-6,12-15,20H2,1-2H3/t19-/m1/s1.